The molecule has 1 heterocycles. The second kappa shape index (κ2) is 7.20. The fraction of sp³-hybridized carbons (Fsp3) is 0.118. The summed E-state index contributed by atoms with van der Waals surface area (Å²) in [5.41, 5.74) is 0.777. The lowest BCUT2D eigenvalue weighted by Crippen LogP contribution is -2.19. The Labute approximate surface area is 153 Å². The zero-order chi connectivity index (χ0) is 19.6. The van der Waals surface area contributed by atoms with Crippen molar-refractivity contribution in [2.75, 3.05) is 24.3 Å². The number of benzene rings is 2. The molecule has 0 aliphatic carbocycles. The van der Waals surface area contributed by atoms with Crippen molar-refractivity contribution in [3.63, 3.8) is 0 Å². The molecule has 1 N–H and O–H groups in total. The lowest BCUT2D eigenvalue weighted by atomic mass is 10.1. The molecule has 0 saturated carbocycles. The number of nitro benzene ring substituents is 1. The van der Waals surface area contributed by atoms with E-state index in [0.717, 1.165) is 6.07 Å². The number of nitrogens with one attached hydrogen (secondary N) is 1. The minimum absolute atomic E-state index is 0.106. The van der Waals surface area contributed by atoms with Gasteiger partial charge in [-0.05, 0) is 24.3 Å². The molecule has 0 fully saturated rings. The van der Waals surface area contributed by atoms with Gasteiger partial charge < -0.3 is 10.2 Å². The van der Waals surface area contributed by atoms with Crippen LogP contribution in [0.1, 0.15) is 10.4 Å². The summed E-state index contributed by atoms with van der Waals surface area (Å²) in [6, 6.07) is 8.08. The first kappa shape index (κ1) is 18.0. The van der Waals surface area contributed by atoms with Crippen LogP contribution in [-0.4, -0.2) is 39.7 Å². The second-order valence-corrected chi connectivity index (χ2v) is 5.81. The summed E-state index contributed by atoms with van der Waals surface area (Å²) in [7, 11) is 3.43. The molecule has 0 saturated heterocycles. The van der Waals surface area contributed by atoms with Crippen molar-refractivity contribution in [1.82, 2.24) is 14.8 Å². The molecule has 0 atom stereocenters. The molecule has 0 aliphatic rings. The standard InChI is InChI=1S/C17H15FN6O3/c1-22(2)15-6-4-12(24(26)27)8-13(15)17(25)21-11-3-5-16(14(18)7-11)23-10-19-9-20-23/h3-10H,1-2H3,(H,21,25). The number of amides is 1. The minimum atomic E-state index is -0.606. The molecular formula is C17H15FN6O3. The van der Waals surface area contributed by atoms with Crippen molar-refractivity contribution in [3.8, 4) is 5.69 Å². The molecule has 138 valence electrons. The van der Waals surface area contributed by atoms with Gasteiger partial charge >= 0.3 is 0 Å². The minimum Gasteiger partial charge on any atom is -0.377 e. The average molecular weight is 370 g/mol. The number of carbonyl (C=O) groups is 1. The Bertz CT molecular complexity index is 1000. The number of hydrogen-bond donors (Lipinski definition) is 1. The van der Waals surface area contributed by atoms with E-state index >= 15 is 0 Å². The number of halogens is 1. The highest BCUT2D eigenvalue weighted by molar-refractivity contribution is 6.08. The summed E-state index contributed by atoms with van der Waals surface area (Å²) in [6.45, 7) is 0. The summed E-state index contributed by atoms with van der Waals surface area (Å²) >= 11 is 0. The van der Waals surface area contributed by atoms with Gasteiger partial charge in [-0.2, -0.15) is 5.10 Å². The Kier molecular flexibility index (Phi) is 4.79. The molecule has 0 radical (unpaired) electrons. The van der Waals surface area contributed by atoms with Gasteiger partial charge in [0.15, 0.2) is 5.82 Å². The van der Waals surface area contributed by atoms with Gasteiger partial charge in [-0.3, -0.25) is 14.9 Å². The smallest absolute Gasteiger partial charge is 0.270 e. The molecule has 1 aromatic heterocycles. The van der Waals surface area contributed by atoms with Crippen molar-refractivity contribution in [2.45, 2.75) is 0 Å². The third-order valence-corrected chi connectivity index (χ3v) is 3.79. The number of carbonyl (C=O) groups excluding carboxylic acids is 1. The van der Waals surface area contributed by atoms with Gasteiger partial charge in [-0.15, -0.1) is 0 Å². The van der Waals surface area contributed by atoms with Crippen molar-refractivity contribution in [2.24, 2.45) is 0 Å². The van der Waals surface area contributed by atoms with E-state index < -0.39 is 16.6 Å². The Morgan fingerprint density at radius 2 is 2.04 bits per heavy atom. The highest BCUT2D eigenvalue weighted by atomic mass is 19.1. The predicted molar refractivity (Wildman–Crippen MR) is 96.7 cm³/mol. The highest BCUT2D eigenvalue weighted by Crippen LogP contribution is 2.26. The van der Waals surface area contributed by atoms with Gasteiger partial charge in [0.1, 0.15) is 18.3 Å². The second-order valence-electron chi connectivity index (χ2n) is 5.81. The number of hydrogen-bond acceptors (Lipinski definition) is 6. The molecule has 10 heteroatoms. The van der Waals surface area contributed by atoms with Crippen molar-refractivity contribution in [3.05, 3.63) is 70.5 Å². The number of non-ortho nitro benzene ring substituents is 1. The van der Waals surface area contributed by atoms with Gasteiger partial charge in [0.25, 0.3) is 11.6 Å². The van der Waals surface area contributed by atoms with Crippen LogP contribution in [0.15, 0.2) is 49.1 Å². The van der Waals surface area contributed by atoms with Crippen molar-refractivity contribution >= 4 is 23.0 Å². The SMILES string of the molecule is CN(C)c1ccc([N+](=O)[O-])cc1C(=O)Nc1ccc(-n2cncn2)c(F)c1. The van der Waals surface area contributed by atoms with Crippen LogP contribution in [0.25, 0.3) is 5.69 Å². The first-order valence-corrected chi connectivity index (χ1v) is 7.78. The van der Waals surface area contributed by atoms with E-state index in [-0.39, 0.29) is 22.6 Å². The van der Waals surface area contributed by atoms with Crippen LogP contribution < -0.4 is 10.2 Å². The average Bonchev–Trinajstić information content (AvgIpc) is 3.15. The summed E-state index contributed by atoms with van der Waals surface area (Å²) < 4.78 is 15.6. The third kappa shape index (κ3) is 3.73. The van der Waals surface area contributed by atoms with Crippen LogP contribution in [-0.2, 0) is 0 Å². The highest BCUT2D eigenvalue weighted by Gasteiger charge is 2.18. The fourth-order valence-electron chi connectivity index (χ4n) is 2.51. The Hall–Kier alpha value is -3.82. The quantitative estimate of drug-likeness (QED) is 0.547. The first-order chi connectivity index (χ1) is 12.9. The maximum atomic E-state index is 14.3. The molecule has 3 rings (SSSR count). The molecule has 0 aliphatic heterocycles. The molecule has 2 aromatic carbocycles. The van der Waals surface area contributed by atoms with Crippen molar-refractivity contribution < 1.29 is 14.1 Å². The van der Waals surface area contributed by atoms with Crippen LogP contribution in [0.4, 0.5) is 21.5 Å². The number of nitrogens with zero attached hydrogens (tertiary/aromatic N) is 5. The van der Waals surface area contributed by atoms with E-state index in [9.17, 15) is 19.3 Å². The normalized spacial score (nSPS) is 10.5. The Morgan fingerprint density at radius 1 is 1.26 bits per heavy atom. The number of aromatic nitrogens is 3. The first-order valence-electron chi connectivity index (χ1n) is 7.78. The van der Waals surface area contributed by atoms with E-state index in [2.05, 4.69) is 15.4 Å². The molecule has 27 heavy (non-hydrogen) atoms. The lowest BCUT2D eigenvalue weighted by molar-refractivity contribution is -0.384. The molecule has 0 bridgehead atoms. The molecule has 0 unspecified atom stereocenters. The summed E-state index contributed by atoms with van der Waals surface area (Å²) in [5, 5.41) is 17.4. The Balaban J connectivity index is 1.90. The van der Waals surface area contributed by atoms with E-state index in [1.807, 2.05) is 0 Å². The summed E-state index contributed by atoms with van der Waals surface area (Å²) in [6.07, 6.45) is 2.63. The van der Waals surface area contributed by atoms with Crippen LogP contribution >= 0.6 is 0 Å². The van der Waals surface area contributed by atoms with Crippen LogP contribution in [0.2, 0.25) is 0 Å². The van der Waals surface area contributed by atoms with Gasteiger partial charge in [-0.25, -0.2) is 14.1 Å². The largest absolute Gasteiger partial charge is 0.377 e. The maximum absolute atomic E-state index is 14.3. The zero-order valence-electron chi connectivity index (χ0n) is 14.5. The van der Waals surface area contributed by atoms with Gasteiger partial charge in [-0.1, -0.05) is 0 Å². The van der Waals surface area contributed by atoms with Crippen LogP contribution in [0, 0.1) is 15.9 Å². The molecule has 3 aromatic rings. The third-order valence-electron chi connectivity index (χ3n) is 3.79. The van der Waals surface area contributed by atoms with Gasteiger partial charge in [0.2, 0.25) is 0 Å². The van der Waals surface area contributed by atoms with E-state index in [1.54, 1.807) is 19.0 Å². The molecule has 9 nitrogen and oxygen atoms in total. The van der Waals surface area contributed by atoms with E-state index in [0.29, 0.717) is 5.69 Å². The fourth-order valence-corrected chi connectivity index (χ4v) is 2.51. The Morgan fingerprint density at radius 3 is 2.63 bits per heavy atom. The number of anilines is 2. The zero-order valence-corrected chi connectivity index (χ0v) is 14.5. The van der Waals surface area contributed by atoms with Crippen LogP contribution in [0.5, 0.6) is 0 Å². The summed E-state index contributed by atoms with van der Waals surface area (Å²) in [4.78, 5) is 28.5. The number of rotatable bonds is 5. The van der Waals surface area contributed by atoms with E-state index in [1.165, 1.54) is 47.7 Å². The molecule has 0 spiro atoms. The van der Waals surface area contributed by atoms with Gasteiger partial charge in [0.05, 0.1) is 10.5 Å². The van der Waals surface area contributed by atoms with Crippen LogP contribution in [0.3, 0.4) is 0 Å². The molecule has 1 amide bonds. The molecular weight excluding hydrogens is 355 g/mol. The lowest BCUT2D eigenvalue weighted by Gasteiger charge is -2.17. The summed E-state index contributed by atoms with van der Waals surface area (Å²) in [5.74, 6) is -1.19. The topological polar surface area (TPSA) is 106 Å². The van der Waals surface area contributed by atoms with Gasteiger partial charge in [0, 0.05) is 37.6 Å². The maximum Gasteiger partial charge on any atom is 0.270 e. The monoisotopic (exact) mass is 370 g/mol. The number of nitro groups is 1. The van der Waals surface area contributed by atoms with E-state index in [4.69, 9.17) is 0 Å². The predicted octanol–water partition coefficient (Wildman–Crippen LogP) is 2.63. The van der Waals surface area contributed by atoms with Crippen molar-refractivity contribution in [1.29, 1.82) is 0 Å².